The average Bonchev–Trinajstić information content (AvgIpc) is 2.46. The largest absolute Gasteiger partial charge is 0.397 e. The van der Waals surface area contributed by atoms with E-state index in [1.807, 2.05) is 0 Å². The smallest absolute Gasteiger partial charge is 0.144 e. The van der Waals surface area contributed by atoms with E-state index in [1.54, 1.807) is 12.3 Å². The molecule has 1 saturated carbocycles. The Morgan fingerprint density at radius 3 is 2.95 bits per heavy atom. The summed E-state index contributed by atoms with van der Waals surface area (Å²) in [4.78, 5) is 4.12. The van der Waals surface area contributed by atoms with Crippen LogP contribution in [0.5, 0.6) is 0 Å². The second-order valence-electron chi connectivity index (χ2n) is 4.83. The number of aromatic nitrogens is 1. The van der Waals surface area contributed by atoms with E-state index in [9.17, 15) is 0 Å². The fourth-order valence-electron chi connectivity index (χ4n) is 2.33. The van der Waals surface area contributed by atoms with Crippen LogP contribution in [-0.2, 0) is 4.74 Å². The van der Waals surface area contributed by atoms with Gasteiger partial charge in [-0.2, -0.15) is 5.26 Å². The summed E-state index contributed by atoms with van der Waals surface area (Å²) >= 11 is 0. The zero-order chi connectivity index (χ0) is 13.5. The minimum absolute atomic E-state index is 0.408. The molecule has 3 N–H and O–H groups in total. The predicted molar refractivity (Wildman–Crippen MR) is 74.7 cm³/mol. The van der Waals surface area contributed by atoms with Crippen molar-refractivity contribution in [2.45, 2.75) is 38.2 Å². The normalized spacial score (nSPS) is 15.9. The molecule has 0 unspecified atom stereocenters. The Morgan fingerprint density at radius 1 is 1.42 bits per heavy atom. The Balaban J connectivity index is 1.75. The maximum Gasteiger partial charge on any atom is 0.144 e. The summed E-state index contributed by atoms with van der Waals surface area (Å²) in [6, 6.07) is 3.70. The molecule has 1 aromatic heterocycles. The van der Waals surface area contributed by atoms with E-state index in [4.69, 9.17) is 15.7 Å². The van der Waals surface area contributed by atoms with Crippen LogP contribution in [0.15, 0.2) is 12.3 Å². The maximum absolute atomic E-state index is 8.99. The molecule has 5 heteroatoms. The Kier molecular flexibility index (Phi) is 4.99. The number of nitriles is 1. The minimum atomic E-state index is 0.408. The van der Waals surface area contributed by atoms with Crippen LogP contribution in [0.1, 0.15) is 37.7 Å². The topological polar surface area (TPSA) is 84.0 Å². The molecule has 0 atom stereocenters. The highest BCUT2D eigenvalue weighted by atomic mass is 16.5. The fourth-order valence-corrected chi connectivity index (χ4v) is 2.33. The van der Waals surface area contributed by atoms with Crippen LogP contribution in [-0.4, -0.2) is 24.2 Å². The van der Waals surface area contributed by atoms with Crippen LogP contribution < -0.4 is 11.1 Å². The van der Waals surface area contributed by atoms with E-state index in [2.05, 4.69) is 16.4 Å². The van der Waals surface area contributed by atoms with Crippen LogP contribution in [0.25, 0.3) is 0 Å². The average molecular weight is 260 g/mol. The molecule has 1 aliphatic carbocycles. The summed E-state index contributed by atoms with van der Waals surface area (Å²) in [5, 5.41) is 12.1. The van der Waals surface area contributed by atoms with Gasteiger partial charge in [-0.25, -0.2) is 4.98 Å². The van der Waals surface area contributed by atoms with Gasteiger partial charge in [0.1, 0.15) is 11.9 Å². The van der Waals surface area contributed by atoms with Gasteiger partial charge in [0, 0.05) is 6.54 Å². The number of hydrogen-bond donors (Lipinski definition) is 2. The molecule has 0 bridgehead atoms. The number of anilines is 2. The van der Waals surface area contributed by atoms with Crippen LogP contribution in [0.3, 0.4) is 0 Å². The lowest BCUT2D eigenvalue weighted by Crippen LogP contribution is -2.21. The van der Waals surface area contributed by atoms with Gasteiger partial charge in [-0.15, -0.1) is 0 Å². The van der Waals surface area contributed by atoms with Crippen molar-refractivity contribution in [2.75, 3.05) is 24.2 Å². The zero-order valence-electron chi connectivity index (χ0n) is 11.1. The van der Waals surface area contributed by atoms with Crippen molar-refractivity contribution in [3.05, 3.63) is 17.8 Å². The van der Waals surface area contributed by atoms with E-state index in [1.165, 1.54) is 32.1 Å². The monoisotopic (exact) mass is 260 g/mol. The molecule has 0 saturated heterocycles. The van der Waals surface area contributed by atoms with Gasteiger partial charge in [0.2, 0.25) is 0 Å². The van der Waals surface area contributed by atoms with Crippen LogP contribution in [0.2, 0.25) is 0 Å². The van der Waals surface area contributed by atoms with Crippen molar-refractivity contribution >= 4 is 11.5 Å². The van der Waals surface area contributed by atoms with E-state index >= 15 is 0 Å². The van der Waals surface area contributed by atoms with Crippen LogP contribution in [0, 0.1) is 11.3 Å². The van der Waals surface area contributed by atoms with Crippen LogP contribution >= 0.6 is 0 Å². The Labute approximate surface area is 113 Å². The molecular formula is C14H20N4O. The Morgan fingerprint density at radius 2 is 2.21 bits per heavy atom. The minimum Gasteiger partial charge on any atom is -0.397 e. The van der Waals surface area contributed by atoms with E-state index < -0.39 is 0 Å². The van der Waals surface area contributed by atoms with Crippen molar-refractivity contribution in [3.8, 4) is 6.07 Å². The third-order valence-corrected chi connectivity index (χ3v) is 3.33. The molecule has 0 aromatic carbocycles. The molecule has 19 heavy (non-hydrogen) atoms. The first-order chi connectivity index (χ1) is 9.29. The van der Waals surface area contributed by atoms with Gasteiger partial charge in [-0.1, -0.05) is 19.3 Å². The number of pyridine rings is 1. The lowest BCUT2D eigenvalue weighted by molar-refractivity contribution is 0.0347. The SMILES string of the molecule is N#Cc1cc(N)cnc1NCCOC1CCCCC1. The molecule has 1 aromatic rings. The van der Waals surface area contributed by atoms with Gasteiger partial charge >= 0.3 is 0 Å². The molecular weight excluding hydrogens is 240 g/mol. The zero-order valence-corrected chi connectivity index (χ0v) is 11.1. The first-order valence-corrected chi connectivity index (χ1v) is 6.80. The second kappa shape index (κ2) is 6.95. The van der Waals surface area contributed by atoms with Crippen molar-refractivity contribution in [2.24, 2.45) is 0 Å². The Bertz CT molecular complexity index is 449. The van der Waals surface area contributed by atoms with Crippen LogP contribution in [0.4, 0.5) is 11.5 Å². The number of rotatable bonds is 5. The number of ether oxygens (including phenoxy) is 1. The quantitative estimate of drug-likeness (QED) is 0.793. The Hall–Kier alpha value is -1.80. The summed E-state index contributed by atoms with van der Waals surface area (Å²) in [5.41, 5.74) is 6.56. The van der Waals surface area contributed by atoms with Crippen molar-refractivity contribution in [3.63, 3.8) is 0 Å². The first kappa shape index (κ1) is 13.6. The number of nitrogens with zero attached hydrogens (tertiary/aromatic N) is 2. The third-order valence-electron chi connectivity index (χ3n) is 3.33. The van der Waals surface area contributed by atoms with Gasteiger partial charge in [-0.05, 0) is 18.9 Å². The maximum atomic E-state index is 8.99. The third kappa shape index (κ3) is 4.11. The van der Waals surface area contributed by atoms with Crippen molar-refractivity contribution < 1.29 is 4.74 Å². The number of nitrogens with two attached hydrogens (primary N) is 1. The molecule has 0 spiro atoms. The standard InChI is InChI=1S/C14H20N4O/c15-9-11-8-12(16)10-18-14(11)17-6-7-19-13-4-2-1-3-5-13/h8,10,13H,1-7,16H2,(H,17,18). The summed E-state index contributed by atoms with van der Waals surface area (Å²) in [7, 11) is 0. The lowest BCUT2D eigenvalue weighted by Gasteiger charge is -2.22. The van der Waals surface area contributed by atoms with Gasteiger partial charge in [-0.3, -0.25) is 0 Å². The molecule has 1 fully saturated rings. The van der Waals surface area contributed by atoms with Crippen molar-refractivity contribution in [1.82, 2.24) is 4.98 Å². The van der Waals surface area contributed by atoms with E-state index in [0.29, 0.717) is 36.3 Å². The molecule has 1 aliphatic rings. The molecule has 1 heterocycles. The number of nitrogens with one attached hydrogen (secondary N) is 1. The lowest BCUT2D eigenvalue weighted by atomic mass is 9.98. The van der Waals surface area contributed by atoms with Gasteiger partial charge < -0.3 is 15.8 Å². The van der Waals surface area contributed by atoms with Gasteiger partial charge in [0.15, 0.2) is 0 Å². The summed E-state index contributed by atoms with van der Waals surface area (Å²) in [6.07, 6.45) is 8.18. The fraction of sp³-hybridized carbons (Fsp3) is 0.571. The molecule has 102 valence electrons. The van der Waals surface area contributed by atoms with Gasteiger partial charge in [0.05, 0.1) is 30.2 Å². The molecule has 5 nitrogen and oxygen atoms in total. The summed E-state index contributed by atoms with van der Waals surface area (Å²) in [6.45, 7) is 1.30. The highest BCUT2D eigenvalue weighted by molar-refractivity contribution is 5.57. The van der Waals surface area contributed by atoms with E-state index in [0.717, 1.165) is 0 Å². The van der Waals surface area contributed by atoms with Gasteiger partial charge in [0.25, 0.3) is 0 Å². The molecule has 0 radical (unpaired) electrons. The number of hydrogen-bond acceptors (Lipinski definition) is 5. The molecule has 2 rings (SSSR count). The predicted octanol–water partition coefficient (Wildman–Crippen LogP) is 2.30. The second-order valence-corrected chi connectivity index (χ2v) is 4.83. The van der Waals surface area contributed by atoms with E-state index in [-0.39, 0.29) is 0 Å². The number of nitrogen functional groups attached to an aromatic ring is 1. The highest BCUT2D eigenvalue weighted by Crippen LogP contribution is 2.20. The summed E-state index contributed by atoms with van der Waals surface area (Å²) in [5.74, 6) is 0.573. The summed E-state index contributed by atoms with van der Waals surface area (Å²) < 4.78 is 5.80. The molecule has 0 amide bonds. The highest BCUT2D eigenvalue weighted by Gasteiger charge is 2.13. The van der Waals surface area contributed by atoms with Crippen molar-refractivity contribution in [1.29, 1.82) is 5.26 Å². The molecule has 0 aliphatic heterocycles. The first-order valence-electron chi connectivity index (χ1n) is 6.80.